The average molecular weight is 358 g/mol. The summed E-state index contributed by atoms with van der Waals surface area (Å²) < 4.78 is 13.5. The van der Waals surface area contributed by atoms with E-state index in [1.807, 2.05) is 0 Å². The number of carbonyl (C=O) groups excluding carboxylic acids is 2. The summed E-state index contributed by atoms with van der Waals surface area (Å²) in [6, 6.07) is 10.2. The van der Waals surface area contributed by atoms with Crippen LogP contribution in [0.25, 0.3) is 10.8 Å². The van der Waals surface area contributed by atoms with Crippen molar-refractivity contribution in [1.82, 2.24) is 4.98 Å². The monoisotopic (exact) mass is 357 g/mol. The second kappa shape index (κ2) is 6.86. The van der Waals surface area contributed by atoms with E-state index in [4.69, 9.17) is 11.6 Å². The Balaban J connectivity index is 1.90. The highest BCUT2D eigenvalue weighted by Crippen LogP contribution is 2.25. The first-order valence-corrected chi connectivity index (χ1v) is 7.66. The van der Waals surface area contributed by atoms with Gasteiger partial charge in [-0.15, -0.1) is 0 Å². The number of hydrogen-bond acceptors (Lipinski definition) is 4. The molecule has 1 N–H and O–H groups in total. The Morgan fingerprint density at radius 2 is 1.96 bits per heavy atom. The number of nitrogens with zero attached hydrogens (tertiary/aromatic N) is 1. The third-order valence-electron chi connectivity index (χ3n) is 3.57. The number of carbonyl (C=O) groups is 2. The van der Waals surface area contributed by atoms with Crippen molar-refractivity contribution in [3.63, 3.8) is 0 Å². The Hall–Kier alpha value is -2.99. The Bertz CT molecular complexity index is 991. The lowest BCUT2D eigenvalue weighted by Gasteiger charge is -2.10. The molecule has 25 heavy (non-hydrogen) atoms. The fourth-order valence-electron chi connectivity index (χ4n) is 2.44. The smallest absolute Gasteiger partial charge is 0.274 e. The lowest BCUT2D eigenvalue weighted by atomic mass is 10.1. The highest BCUT2D eigenvalue weighted by Gasteiger charge is 2.14. The van der Waals surface area contributed by atoms with Crippen LogP contribution in [0.5, 0.6) is 0 Å². The van der Waals surface area contributed by atoms with Crippen molar-refractivity contribution in [3.05, 3.63) is 70.8 Å². The molecular formula is C18H11ClFN2O3-. The van der Waals surface area contributed by atoms with Crippen molar-refractivity contribution in [2.75, 3.05) is 5.32 Å². The van der Waals surface area contributed by atoms with E-state index < -0.39 is 17.7 Å². The van der Waals surface area contributed by atoms with Gasteiger partial charge in [0.15, 0.2) is 0 Å². The number of fused-ring (bicyclic) bond motifs is 1. The number of halogens is 2. The molecule has 5 nitrogen and oxygen atoms in total. The number of anilines is 1. The zero-order valence-electron chi connectivity index (χ0n) is 12.8. The molecule has 0 atom stereocenters. The second-order valence-electron chi connectivity index (χ2n) is 5.34. The van der Waals surface area contributed by atoms with Crippen LogP contribution in [0.3, 0.4) is 0 Å². The molecule has 126 valence electrons. The number of aromatic nitrogens is 1. The number of pyridine rings is 1. The van der Waals surface area contributed by atoms with E-state index in [0.717, 1.165) is 0 Å². The Kier molecular flexibility index (Phi) is 4.63. The van der Waals surface area contributed by atoms with Crippen LogP contribution in [0.1, 0.15) is 16.1 Å². The van der Waals surface area contributed by atoms with E-state index in [0.29, 0.717) is 22.0 Å². The zero-order chi connectivity index (χ0) is 18.0. The van der Waals surface area contributed by atoms with Crippen LogP contribution in [-0.2, 0) is 11.2 Å². The van der Waals surface area contributed by atoms with Gasteiger partial charge >= 0.3 is 0 Å². The minimum atomic E-state index is -1.23. The van der Waals surface area contributed by atoms with E-state index in [-0.39, 0.29) is 17.1 Å². The van der Waals surface area contributed by atoms with Gasteiger partial charge in [-0.05, 0) is 41.3 Å². The van der Waals surface area contributed by atoms with Gasteiger partial charge in [-0.3, -0.25) is 9.78 Å². The summed E-state index contributed by atoms with van der Waals surface area (Å²) in [6.07, 6.45) is 1.18. The van der Waals surface area contributed by atoms with Gasteiger partial charge in [0.1, 0.15) is 11.5 Å². The maximum Gasteiger partial charge on any atom is 0.274 e. The molecule has 0 fully saturated rings. The molecule has 3 aromatic rings. The summed E-state index contributed by atoms with van der Waals surface area (Å²) in [5.74, 6) is -2.25. The van der Waals surface area contributed by atoms with Crippen LogP contribution in [0.2, 0.25) is 5.02 Å². The van der Waals surface area contributed by atoms with Gasteiger partial charge in [-0.1, -0.05) is 23.7 Å². The topological polar surface area (TPSA) is 82.1 Å². The van der Waals surface area contributed by atoms with Gasteiger partial charge in [-0.2, -0.15) is 0 Å². The summed E-state index contributed by atoms with van der Waals surface area (Å²) in [5, 5.41) is 14.5. The van der Waals surface area contributed by atoms with Gasteiger partial charge in [0.05, 0.1) is 10.7 Å². The summed E-state index contributed by atoms with van der Waals surface area (Å²) in [6.45, 7) is 0. The van der Waals surface area contributed by atoms with Crippen molar-refractivity contribution < 1.29 is 19.1 Å². The number of aliphatic carboxylic acids is 1. The van der Waals surface area contributed by atoms with E-state index in [9.17, 15) is 19.1 Å². The number of carboxylic acid groups (broad SMARTS) is 1. The van der Waals surface area contributed by atoms with Crippen LogP contribution in [0.15, 0.2) is 48.7 Å². The van der Waals surface area contributed by atoms with Crippen LogP contribution < -0.4 is 10.4 Å². The summed E-state index contributed by atoms with van der Waals surface area (Å²) in [7, 11) is 0. The number of carboxylic acids is 1. The van der Waals surface area contributed by atoms with Gasteiger partial charge < -0.3 is 15.2 Å². The summed E-state index contributed by atoms with van der Waals surface area (Å²) in [4.78, 5) is 27.1. The van der Waals surface area contributed by atoms with Gasteiger partial charge in [-0.25, -0.2) is 4.39 Å². The van der Waals surface area contributed by atoms with Crippen molar-refractivity contribution >= 4 is 39.9 Å². The maximum absolute atomic E-state index is 13.5. The van der Waals surface area contributed by atoms with E-state index in [1.54, 1.807) is 12.1 Å². The number of amides is 1. The molecule has 1 amide bonds. The van der Waals surface area contributed by atoms with E-state index in [2.05, 4.69) is 10.3 Å². The first-order valence-electron chi connectivity index (χ1n) is 7.28. The molecule has 0 bridgehead atoms. The maximum atomic E-state index is 13.5. The Morgan fingerprint density at radius 3 is 2.68 bits per heavy atom. The lowest BCUT2D eigenvalue weighted by Crippen LogP contribution is -2.24. The first-order chi connectivity index (χ1) is 11.9. The highest BCUT2D eigenvalue weighted by atomic mass is 35.5. The van der Waals surface area contributed by atoms with Crippen LogP contribution >= 0.6 is 11.6 Å². The van der Waals surface area contributed by atoms with Gasteiger partial charge in [0.25, 0.3) is 5.91 Å². The van der Waals surface area contributed by atoms with Crippen molar-refractivity contribution in [1.29, 1.82) is 0 Å². The van der Waals surface area contributed by atoms with Crippen molar-refractivity contribution in [2.24, 2.45) is 0 Å². The zero-order valence-corrected chi connectivity index (χ0v) is 13.5. The normalized spacial score (nSPS) is 10.6. The molecule has 3 rings (SSSR count). The molecule has 0 aliphatic heterocycles. The number of nitrogens with one attached hydrogen (secondary N) is 1. The van der Waals surface area contributed by atoms with Crippen LogP contribution in [0.4, 0.5) is 10.1 Å². The summed E-state index contributed by atoms with van der Waals surface area (Å²) >= 11 is 6.08. The molecule has 0 unspecified atom stereocenters. The quantitative estimate of drug-likeness (QED) is 0.778. The molecule has 0 aliphatic rings. The molecule has 0 radical (unpaired) electrons. The van der Waals surface area contributed by atoms with E-state index >= 15 is 0 Å². The molecular weight excluding hydrogens is 347 g/mol. The minimum absolute atomic E-state index is 0.0619. The molecule has 1 aromatic heterocycles. The SMILES string of the molecule is O=C([O-])Cc1ccc(NC(=O)c2nccc3ccc(F)cc23)c(Cl)c1. The van der Waals surface area contributed by atoms with Gasteiger partial charge in [0.2, 0.25) is 0 Å². The van der Waals surface area contributed by atoms with Crippen LogP contribution in [0, 0.1) is 5.82 Å². The number of rotatable bonds is 4. The third-order valence-corrected chi connectivity index (χ3v) is 3.89. The lowest BCUT2D eigenvalue weighted by molar-refractivity contribution is -0.304. The number of benzene rings is 2. The molecule has 2 aromatic carbocycles. The Labute approximate surface area is 147 Å². The standard InChI is InChI=1S/C18H12ClFN2O3/c19-14-7-10(8-16(23)24)1-4-15(14)22-18(25)17-13-9-12(20)3-2-11(13)5-6-21-17/h1-7,9H,8H2,(H,22,25)(H,23,24)/p-1. The number of hydrogen-bond donors (Lipinski definition) is 1. The van der Waals surface area contributed by atoms with Gasteiger partial charge in [0, 0.05) is 24.0 Å². The molecule has 0 saturated heterocycles. The molecule has 0 saturated carbocycles. The highest BCUT2D eigenvalue weighted by molar-refractivity contribution is 6.34. The molecule has 1 heterocycles. The predicted molar refractivity (Wildman–Crippen MR) is 89.8 cm³/mol. The predicted octanol–water partition coefficient (Wildman–Crippen LogP) is 2.57. The van der Waals surface area contributed by atoms with Crippen LogP contribution in [-0.4, -0.2) is 16.9 Å². The van der Waals surface area contributed by atoms with Crippen molar-refractivity contribution in [3.8, 4) is 0 Å². The van der Waals surface area contributed by atoms with E-state index in [1.165, 1.54) is 36.5 Å². The Morgan fingerprint density at radius 1 is 1.16 bits per heavy atom. The second-order valence-corrected chi connectivity index (χ2v) is 5.75. The fraction of sp³-hybridized carbons (Fsp3) is 0.0556. The average Bonchev–Trinajstić information content (AvgIpc) is 2.56. The minimum Gasteiger partial charge on any atom is -0.550 e. The molecule has 7 heteroatoms. The first kappa shape index (κ1) is 16.9. The molecule has 0 aliphatic carbocycles. The third kappa shape index (κ3) is 3.75. The summed E-state index contributed by atoms with van der Waals surface area (Å²) in [5.41, 5.74) is 0.809. The van der Waals surface area contributed by atoms with Crippen molar-refractivity contribution in [2.45, 2.75) is 6.42 Å². The largest absolute Gasteiger partial charge is 0.550 e. The molecule has 0 spiro atoms. The fourth-order valence-corrected chi connectivity index (χ4v) is 2.69.